The first-order chi connectivity index (χ1) is 13.8. The monoisotopic (exact) mass is 372 g/mol. The SMILES string of the molecule is COC(=O)c1ccc2c(C3CCCCC3)c(-c3cccc4cc[nH]c34)[nH]c2c1. The lowest BCUT2D eigenvalue weighted by Gasteiger charge is -2.23. The molecule has 2 aromatic carbocycles. The minimum Gasteiger partial charge on any atom is -0.465 e. The van der Waals surface area contributed by atoms with E-state index in [0.717, 1.165) is 11.0 Å². The number of rotatable bonds is 3. The highest BCUT2D eigenvalue weighted by atomic mass is 16.5. The Balaban J connectivity index is 1.76. The van der Waals surface area contributed by atoms with Crippen LogP contribution in [0.4, 0.5) is 0 Å². The summed E-state index contributed by atoms with van der Waals surface area (Å²) in [5.41, 5.74) is 6.50. The number of methoxy groups -OCH3 is 1. The second kappa shape index (κ2) is 6.86. The van der Waals surface area contributed by atoms with Gasteiger partial charge in [0.15, 0.2) is 0 Å². The van der Waals surface area contributed by atoms with Crippen molar-refractivity contribution in [3.8, 4) is 11.3 Å². The van der Waals surface area contributed by atoms with Crippen molar-refractivity contribution in [2.75, 3.05) is 7.11 Å². The van der Waals surface area contributed by atoms with Crippen LogP contribution in [0.1, 0.15) is 53.9 Å². The van der Waals surface area contributed by atoms with Gasteiger partial charge in [0.05, 0.1) is 23.9 Å². The third kappa shape index (κ3) is 2.71. The third-order valence-corrected chi connectivity index (χ3v) is 6.13. The first-order valence-corrected chi connectivity index (χ1v) is 10.1. The summed E-state index contributed by atoms with van der Waals surface area (Å²) in [6.45, 7) is 0. The molecule has 0 amide bonds. The van der Waals surface area contributed by atoms with E-state index in [4.69, 9.17) is 4.74 Å². The topological polar surface area (TPSA) is 57.9 Å². The van der Waals surface area contributed by atoms with E-state index in [2.05, 4.69) is 40.3 Å². The number of carbonyl (C=O) groups excluding carboxylic acids is 1. The minimum absolute atomic E-state index is 0.302. The fourth-order valence-electron chi connectivity index (χ4n) is 4.79. The number of aromatic amines is 2. The van der Waals surface area contributed by atoms with Gasteiger partial charge >= 0.3 is 5.97 Å². The molecular weight excluding hydrogens is 348 g/mol. The Kier molecular flexibility index (Phi) is 4.19. The molecule has 4 heteroatoms. The summed E-state index contributed by atoms with van der Waals surface area (Å²) in [7, 11) is 1.42. The van der Waals surface area contributed by atoms with Crippen LogP contribution in [-0.4, -0.2) is 23.0 Å². The number of hydrogen-bond acceptors (Lipinski definition) is 2. The Morgan fingerprint density at radius 1 is 1.07 bits per heavy atom. The van der Waals surface area contributed by atoms with Crippen LogP contribution in [0.3, 0.4) is 0 Å². The molecule has 5 rings (SSSR count). The van der Waals surface area contributed by atoms with Crippen LogP contribution in [0, 0.1) is 0 Å². The highest BCUT2D eigenvalue weighted by Crippen LogP contribution is 2.43. The van der Waals surface area contributed by atoms with Crippen molar-refractivity contribution in [1.29, 1.82) is 0 Å². The summed E-state index contributed by atoms with van der Waals surface area (Å²) in [5, 5.41) is 2.43. The van der Waals surface area contributed by atoms with Gasteiger partial charge in [0.25, 0.3) is 0 Å². The Morgan fingerprint density at radius 2 is 1.93 bits per heavy atom. The molecule has 0 bridgehead atoms. The summed E-state index contributed by atoms with van der Waals surface area (Å²) >= 11 is 0. The molecule has 4 nitrogen and oxygen atoms in total. The lowest BCUT2D eigenvalue weighted by molar-refractivity contribution is 0.0601. The van der Waals surface area contributed by atoms with Crippen LogP contribution in [0.5, 0.6) is 0 Å². The maximum absolute atomic E-state index is 12.0. The van der Waals surface area contributed by atoms with Gasteiger partial charge in [-0.05, 0) is 42.5 Å². The maximum atomic E-state index is 12.0. The molecule has 2 aromatic heterocycles. The number of benzene rings is 2. The number of para-hydroxylation sites is 1. The number of aromatic nitrogens is 2. The lowest BCUT2D eigenvalue weighted by Crippen LogP contribution is -2.05. The summed E-state index contributed by atoms with van der Waals surface area (Å²) < 4.78 is 4.91. The van der Waals surface area contributed by atoms with Gasteiger partial charge in [0.2, 0.25) is 0 Å². The van der Waals surface area contributed by atoms with Crippen molar-refractivity contribution in [3.63, 3.8) is 0 Å². The Labute approximate surface area is 163 Å². The van der Waals surface area contributed by atoms with Crippen LogP contribution in [0.15, 0.2) is 48.7 Å². The largest absolute Gasteiger partial charge is 0.465 e. The van der Waals surface area contributed by atoms with Crippen molar-refractivity contribution in [2.45, 2.75) is 38.0 Å². The van der Waals surface area contributed by atoms with Crippen LogP contribution in [-0.2, 0) is 4.74 Å². The first-order valence-electron chi connectivity index (χ1n) is 10.1. The average Bonchev–Trinajstić information content (AvgIpc) is 3.37. The van der Waals surface area contributed by atoms with Crippen molar-refractivity contribution in [2.24, 2.45) is 0 Å². The highest BCUT2D eigenvalue weighted by Gasteiger charge is 2.25. The van der Waals surface area contributed by atoms with Gasteiger partial charge in [0.1, 0.15) is 0 Å². The number of ether oxygens (including phenoxy) is 1. The molecule has 1 fully saturated rings. The number of esters is 1. The van der Waals surface area contributed by atoms with E-state index in [1.165, 1.54) is 66.8 Å². The van der Waals surface area contributed by atoms with Crippen molar-refractivity contribution < 1.29 is 9.53 Å². The van der Waals surface area contributed by atoms with Crippen molar-refractivity contribution in [3.05, 3.63) is 59.8 Å². The van der Waals surface area contributed by atoms with Crippen LogP contribution in [0.2, 0.25) is 0 Å². The summed E-state index contributed by atoms with van der Waals surface area (Å²) in [5.74, 6) is 0.246. The summed E-state index contributed by atoms with van der Waals surface area (Å²) in [6, 6.07) is 14.4. The third-order valence-electron chi connectivity index (χ3n) is 6.13. The number of fused-ring (bicyclic) bond motifs is 2. The molecule has 142 valence electrons. The summed E-state index contributed by atoms with van der Waals surface area (Å²) in [4.78, 5) is 19.1. The molecule has 0 saturated heterocycles. The molecule has 0 unspecified atom stereocenters. The normalized spacial score (nSPS) is 15.3. The van der Waals surface area contributed by atoms with Gasteiger partial charge in [0, 0.05) is 28.0 Å². The van der Waals surface area contributed by atoms with Gasteiger partial charge in [-0.1, -0.05) is 43.5 Å². The Hall–Kier alpha value is -3.01. The molecule has 1 aliphatic rings. The maximum Gasteiger partial charge on any atom is 0.337 e. The van der Waals surface area contributed by atoms with E-state index >= 15 is 0 Å². The van der Waals surface area contributed by atoms with E-state index < -0.39 is 0 Å². The predicted molar refractivity (Wildman–Crippen MR) is 113 cm³/mol. The number of carbonyl (C=O) groups is 1. The van der Waals surface area contributed by atoms with Gasteiger partial charge in [-0.25, -0.2) is 4.79 Å². The minimum atomic E-state index is -0.302. The molecule has 28 heavy (non-hydrogen) atoms. The molecule has 2 N–H and O–H groups in total. The molecule has 0 aliphatic heterocycles. The molecule has 0 atom stereocenters. The van der Waals surface area contributed by atoms with E-state index in [-0.39, 0.29) is 5.97 Å². The van der Waals surface area contributed by atoms with E-state index in [1.54, 1.807) is 0 Å². The van der Waals surface area contributed by atoms with E-state index in [1.807, 2.05) is 18.3 Å². The molecule has 4 aromatic rings. The molecule has 2 heterocycles. The smallest absolute Gasteiger partial charge is 0.337 e. The second-order valence-electron chi connectivity index (χ2n) is 7.75. The van der Waals surface area contributed by atoms with Crippen LogP contribution in [0.25, 0.3) is 33.1 Å². The summed E-state index contributed by atoms with van der Waals surface area (Å²) in [6.07, 6.45) is 8.33. The zero-order valence-corrected chi connectivity index (χ0v) is 16.0. The average molecular weight is 372 g/mol. The predicted octanol–water partition coefficient (Wildman–Crippen LogP) is 6.15. The lowest BCUT2D eigenvalue weighted by atomic mass is 9.81. The Bertz CT molecular complexity index is 1160. The van der Waals surface area contributed by atoms with Gasteiger partial charge in [-0.15, -0.1) is 0 Å². The van der Waals surface area contributed by atoms with Gasteiger partial charge < -0.3 is 14.7 Å². The molecule has 1 saturated carbocycles. The number of nitrogens with one attached hydrogen (secondary N) is 2. The second-order valence-corrected chi connectivity index (χ2v) is 7.75. The fourth-order valence-corrected chi connectivity index (χ4v) is 4.79. The van der Waals surface area contributed by atoms with Gasteiger partial charge in [-0.2, -0.15) is 0 Å². The zero-order valence-electron chi connectivity index (χ0n) is 16.0. The first kappa shape index (κ1) is 17.1. The molecule has 0 spiro atoms. The van der Waals surface area contributed by atoms with Gasteiger partial charge in [-0.3, -0.25) is 0 Å². The van der Waals surface area contributed by atoms with E-state index in [0.29, 0.717) is 11.5 Å². The molecular formula is C24H24N2O2. The highest BCUT2D eigenvalue weighted by molar-refractivity contribution is 6.01. The number of H-pyrrole nitrogens is 2. The van der Waals surface area contributed by atoms with Crippen LogP contribution < -0.4 is 0 Å². The number of hydrogen-bond donors (Lipinski definition) is 2. The van der Waals surface area contributed by atoms with Crippen LogP contribution >= 0.6 is 0 Å². The fraction of sp³-hybridized carbons (Fsp3) is 0.292. The molecule has 1 aliphatic carbocycles. The zero-order chi connectivity index (χ0) is 19.1. The Morgan fingerprint density at radius 3 is 2.75 bits per heavy atom. The van der Waals surface area contributed by atoms with Crippen molar-refractivity contribution >= 4 is 27.8 Å². The quantitative estimate of drug-likeness (QED) is 0.424. The van der Waals surface area contributed by atoms with E-state index in [9.17, 15) is 4.79 Å². The molecule has 0 radical (unpaired) electrons. The van der Waals surface area contributed by atoms with Crippen molar-refractivity contribution in [1.82, 2.24) is 9.97 Å². The standard InChI is InChI=1S/C24H24N2O2/c1-28-24(27)17-10-11-18-20(14-17)26-23(21(18)15-6-3-2-4-7-15)19-9-5-8-16-12-13-25-22(16)19/h5,8-15,25-26H,2-4,6-7H2,1H3.